The van der Waals surface area contributed by atoms with E-state index in [1.165, 1.54) is 6.92 Å². The fourth-order valence-electron chi connectivity index (χ4n) is 0.421. The van der Waals surface area contributed by atoms with E-state index < -0.39 is 24.5 Å². The highest BCUT2D eigenvalue weighted by atomic mass is 16.5. The molecule has 0 fully saturated rings. The van der Waals surface area contributed by atoms with Gasteiger partial charge < -0.3 is 14.9 Å². The van der Waals surface area contributed by atoms with Crippen molar-refractivity contribution in [2.24, 2.45) is 0 Å². The van der Waals surface area contributed by atoms with Gasteiger partial charge >= 0.3 is 5.97 Å². The van der Waals surface area contributed by atoms with Gasteiger partial charge in [0, 0.05) is 0 Å². The molecule has 0 spiro atoms. The highest BCUT2D eigenvalue weighted by Gasteiger charge is 2.23. The van der Waals surface area contributed by atoms with E-state index in [1.807, 2.05) is 0 Å². The molecule has 5 heteroatoms. The third-order valence-electron chi connectivity index (χ3n) is 0.952. The van der Waals surface area contributed by atoms with Crippen molar-refractivity contribution < 1.29 is 24.5 Å². The van der Waals surface area contributed by atoms with Crippen LogP contribution in [0.4, 0.5) is 0 Å². The molecule has 64 valence electrons. The minimum atomic E-state index is -1.66. The summed E-state index contributed by atoms with van der Waals surface area (Å²) >= 11 is 0. The van der Waals surface area contributed by atoms with Gasteiger partial charge in [0.05, 0.1) is 13.2 Å². The molecule has 0 aliphatic heterocycles. The number of rotatable bonds is 4. The van der Waals surface area contributed by atoms with Gasteiger partial charge in [0.2, 0.25) is 0 Å². The van der Waals surface area contributed by atoms with Crippen molar-refractivity contribution in [2.45, 2.75) is 13.0 Å². The lowest BCUT2D eigenvalue weighted by atomic mass is 10.2. The van der Waals surface area contributed by atoms with Crippen LogP contribution in [0.15, 0.2) is 0 Å². The van der Waals surface area contributed by atoms with Crippen LogP contribution in [-0.4, -0.2) is 41.3 Å². The van der Waals surface area contributed by atoms with Crippen LogP contribution < -0.4 is 0 Å². The van der Waals surface area contributed by atoms with Gasteiger partial charge in [-0.25, -0.2) is 4.79 Å². The van der Waals surface area contributed by atoms with Gasteiger partial charge in [0.1, 0.15) is 6.10 Å². The predicted octanol–water partition coefficient (Wildman–Crippen LogP) is -1.53. The highest BCUT2D eigenvalue weighted by Crippen LogP contribution is 1.88. The lowest BCUT2D eigenvalue weighted by molar-refractivity contribution is -0.158. The summed E-state index contributed by atoms with van der Waals surface area (Å²) in [5, 5.41) is 16.9. The summed E-state index contributed by atoms with van der Waals surface area (Å²) in [6.07, 6.45) is -1.66. The van der Waals surface area contributed by atoms with Crippen molar-refractivity contribution in [1.29, 1.82) is 0 Å². The lowest BCUT2D eigenvalue weighted by Crippen LogP contribution is -2.32. The summed E-state index contributed by atoms with van der Waals surface area (Å²) in [4.78, 5) is 21.1. The summed E-state index contributed by atoms with van der Waals surface area (Å²) in [5.41, 5.74) is 0. The molecule has 0 saturated heterocycles. The molecule has 0 aromatic rings. The second-order valence-corrected chi connectivity index (χ2v) is 1.78. The summed E-state index contributed by atoms with van der Waals surface area (Å²) < 4.78 is 4.27. The van der Waals surface area contributed by atoms with Crippen LogP contribution in [0.3, 0.4) is 0 Å². The van der Waals surface area contributed by atoms with Crippen LogP contribution in [-0.2, 0) is 14.3 Å². The Kier molecular flexibility index (Phi) is 4.40. The number of hydrogen-bond donors (Lipinski definition) is 2. The molecule has 0 amide bonds. The lowest BCUT2D eigenvalue weighted by Gasteiger charge is -2.03. The molecule has 0 aliphatic rings. The number of hydrogen-bond acceptors (Lipinski definition) is 5. The minimum absolute atomic E-state index is 0.0721. The quantitative estimate of drug-likeness (QED) is 0.387. The molecule has 0 unspecified atom stereocenters. The van der Waals surface area contributed by atoms with Gasteiger partial charge in [-0.2, -0.15) is 0 Å². The van der Waals surface area contributed by atoms with Crippen molar-refractivity contribution in [2.75, 3.05) is 13.2 Å². The Balaban J connectivity index is 3.92. The number of Topliss-reactive ketones (excluding diaryl/α,β-unsaturated/α-hetero) is 1. The topological polar surface area (TPSA) is 83.8 Å². The van der Waals surface area contributed by atoms with E-state index in [1.54, 1.807) is 0 Å². The van der Waals surface area contributed by atoms with E-state index in [2.05, 4.69) is 4.74 Å². The molecule has 5 nitrogen and oxygen atoms in total. The van der Waals surface area contributed by atoms with Crippen molar-refractivity contribution in [1.82, 2.24) is 0 Å². The van der Waals surface area contributed by atoms with Gasteiger partial charge in [0.25, 0.3) is 5.78 Å². The SMILES string of the molecule is CCOC(=O)C(=O)[C@@H](O)CO. The fraction of sp³-hybridized carbons (Fsp3) is 0.667. The van der Waals surface area contributed by atoms with E-state index in [-0.39, 0.29) is 6.61 Å². The number of ketones is 1. The molecule has 0 aromatic heterocycles. The molecule has 0 aromatic carbocycles. The van der Waals surface area contributed by atoms with Crippen molar-refractivity contribution >= 4 is 11.8 Å². The normalized spacial score (nSPS) is 12.3. The summed E-state index contributed by atoms with van der Waals surface area (Å²) in [7, 11) is 0. The first-order valence-electron chi connectivity index (χ1n) is 3.13. The standard InChI is InChI=1S/C6H10O5/c1-2-11-6(10)5(9)4(8)3-7/h4,7-8H,2-3H2,1H3/t4-/m0/s1. The van der Waals surface area contributed by atoms with Crippen LogP contribution in [0, 0.1) is 0 Å². The van der Waals surface area contributed by atoms with Gasteiger partial charge in [-0.3, -0.25) is 4.79 Å². The van der Waals surface area contributed by atoms with E-state index in [0.717, 1.165) is 0 Å². The fourth-order valence-corrected chi connectivity index (χ4v) is 0.421. The summed E-state index contributed by atoms with van der Waals surface area (Å²) in [6.45, 7) is 0.844. The maximum absolute atomic E-state index is 10.6. The Labute approximate surface area is 63.6 Å². The zero-order chi connectivity index (χ0) is 8.85. The van der Waals surface area contributed by atoms with E-state index in [0.29, 0.717) is 0 Å². The summed E-state index contributed by atoms with van der Waals surface area (Å²) in [5.74, 6) is -2.23. The van der Waals surface area contributed by atoms with Crippen molar-refractivity contribution in [3.8, 4) is 0 Å². The highest BCUT2D eigenvalue weighted by molar-refractivity contribution is 6.35. The number of aliphatic hydroxyl groups excluding tert-OH is 2. The van der Waals surface area contributed by atoms with E-state index in [9.17, 15) is 9.59 Å². The Morgan fingerprint density at radius 3 is 2.45 bits per heavy atom. The first-order chi connectivity index (χ1) is 5.13. The zero-order valence-corrected chi connectivity index (χ0v) is 6.11. The van der Waals surface area contributed by atoms with Crippen LogP contribution in [0.1, 0.15) is 6.92 Å². The second-order valence-electron chi connectivity index (χ2n) is 1.78. The molecular formula is C6H10O5. The molecule has 0 aliphatic carbocycles. The molecular weight excluding hydrogens is 152 g/mol. The summed E-state index contributed by atoms with van der Waals surface area (Å²) in [6, 6.07) is 0. The van der Waals surface area contributed by atoms with Gasteiger partial charge in [-0.1, -0.05) is 0 Å². The van der Waals surface area contributed by atoms with Crippen LogP contribution in [0.2, 0.25) is 0 Å². The van der Waals surface area contributed by atoms with Gasteiger partial charge in [-0.15, -0.1) is 0 Å². The van der Waals surface area contributed by atoms with Crippen LogP contribution in [0.25, 0.3) is 0 Å². The monoisotopic (exact) mass is 162 g/mol. The number of aliphatic hydroxyl groups is 2. The maximum Gasteiger partial charge on any atom is 0.377 e. The van der Waals surface area contributed by atoms with Crippen molar-refractivity contribution in [3.63, 3.8) is 0 Å². The molecule has 0 rings (SSSR count). The second kappa shape index (κ2) is 4.81. The van der Waals surface area contributed by atoms with Gasteiger partial charge in [-0.05, 0) is 6.92 Å². The predicted molar refractivity (Wildman–Crippen MR) is 34.7 cm³/mol. The number of carbonyl (C=O) groups is 2. The van der Waals surface area contributed by atoms with Crippen LogP contribution in [0.5, 0.6) is 0 Å². The third-order valence-corrected chi connectivity index (χ3v) is 0.952. The molecule has 11 heavy (non-hydrogen) atoms. The van der Waals surface area contributed by atoms with E-state index >= 15 is 0 Å². The largest absolute Gasteiger partial charge is 0.460 e. The van der Waals surface area contributed by atoms with Gasteiger partial charge in [0.15, 0.2) is 0 Å². The number of ether oxygens (including phenoxy) is 1. The Morgan fingerprint density at radius 2 is 2.09 bits per heavy atom. The molecule has 0 heterocycles. The number of carbonyl (C=O) groups excluding carboxylic acids is 2. The molecule has 1 atom stereocenters. The van der Waals surface area contributed by atoms with Crippen LogP contribution >= 0.6 is 0 Å². The Hall–Kier alpha value is -0.940. The van der Waals surface area contributed by atoms with E-state index in [4.69, 9.17) is 10.2 Å². The smallest absolute Gasteiger partial charge is 0.377 e. The van der Waals surface area contributed by atoms with Crippen molar-refractivity contribution in [3.05, 3.63) is 0 Å². The zero-order valence-electron chi connectivity index (χ0n) is 6.11. The minimum Gasteiger partial charge on any atom is -0.460 e. The third kappa shape index (κ3) is 3.10. The molecule has 0 bridgehead atoms. The first kappa shape index (κ1) is 10.1. The molecule has 0 saturated carbocycles. The Bertz CT molecular complexity index is 153. The molecule has 2 N–H and O–H groups in total. The average molecular weight is 162 g/mol. The average Bonchev–Trinajstić information content (AvgIpc) is 2.02. The maximum atomic E-state index is 10.6. The molecule has 0 radical (unpaired) electrons. The number of esters is 1. The first-order valence-corrected chi connectivity index (χ1v) is 3.13. The Morgan fingerprint density at radius 1 is 1.55 bits per heavy atom.